The Bertz CT molecular complexity index is 302. The van der Waals surface area contributed by atoms with Crippen molar-refractivity contribution < 1.29 is 0 Å². The van der Waals surface area contributed by atoms with E-state index in [0.29, 0.717) is 5.38 Å². The van der Waals surface area contributed by atoms with Crippen LogP contribution in [0.2, 0.25) is 0 Å². The maximum absolute atomic E-state index is 6.30. The van der Waals surface area contributed by atoms with Crippen LogP contribution >= 0.6 is 11.6 Å². The summed E-state index contributed by atoms with van der Waals surface area (Å²) in [5.74, 6) is 0.933. The monoisotopic (exact) mass is 208 g/mol. The van der Waals surface area contributed by atoms with E-state index >= 15 is 0 Å². The van der Waals surface area contributed by atoms with Gasteiger partial charge in [-0.25, -0.2) is 0 Å². The lowest BCUT2D eigenvalue weighted by molar-refractivity contribution is 0.674. The average molecular weight is 209 g/mol. The van der Waals surface area contributed by atoms with Crippen LogP contribution < -0.4 is 0 Å². The molecule has 1 aromatic carbocycles. The predicted molar refractivity (Wildman–Crippen MR) is 61.9 cm³/mol. The molecule has 1 aromatic rings. The third kappa shape index (κ3) is 3.02. The Kier molecular flexibility index (Phi) is 3.12. The zero-order chi connectivity index (χ0) is 9.97. The molecule has 0 nitrogen and oxygen atoms in total. The minimum absolute atomic E-state index is 0.337. The van der Waals surface area contributed by atoms with Gasteiger partial charge in [0.25, 0.3) is 0 Å². The van der Waals surface area contributed by atoms with Crippen LogP contribution in [0.3, 0.4) is 0 Å². The average Bonchev–Trinajstić information content (AvgIpc) is 2.87. The molecule has 1 fully saturated rings. The van der Waals surface area contributed by atoms with Gasteiger partial charge in [-0.3, -0.25) is 0 Å². The van der Waals surface area contributed by atoms with E-state index < -0.39 is 0 Å². The molecule has 1 aliphatic carbocycles. The summed E-state index contributed by atoms with van der Waals surface area (Å²) in [7, 11) is 0. The lowest BCUT2D eigenvalue weighted by atomic mass is 10.0. The van der Waals surface area contributed by atoms with E-state index in [1.54, 1.807) is 0 Å². The molecule has 1 aliphatic rings. The van der Waals surface area contributed by atoms with E-state index in [1.165, 1.54) is 30.4 Å². The molecular weight excluding hydrogens is 192 g/mol. The van der Waals surface area contributed by atoms with Gasteiger partial charge in [0.15, 0.2) is 0 Å². The Labute approximate surface area is 91.3 Å². The van der Waals surface area contributed by atoms with Gasteiger partial charge in [-0.2, -0.15) is 0 Å². The minimum atomic E-state index is 0.337. The van der Waals surface area contributed by atoms with Crippen molar-refractivity contribution in [3.8, 4) is 0 Å². The fraction of sp³-hybridized carbons (Fsp3) is 0.538. The van der Waals surface area contributed by atoms with Crippen LogP contribution in [0.25, 0.3) is 0 Å². The van der Waals surface area contributed by atoms with E-state index in [9.17, 15) is 0 Å². The van der Waals surface area contributed by atoms with Gasteiger partial charge in [0.05, 0.1) is 0 Å². The third-order valence-corrected chi connectivity index (χ3v) is 3.16. The highest BCUT2D eigenvalue weighted by molar-refractivity contribution is 6.20. The second-order valence-electron chi connectivity index (χ2n) is 4.47. The Morgan fingerprint density at radius 3 is 2.86 bits per heavy atom. The summed E-state index contributed by atoms with van der Waals surface area (Å²) in [4.78, 5) is 0. The Morgan fingerprint density at radius 1 is 1.43 bits per heavy atom. The van der Waals surface area contributed by atoms with Gasteiger partial charge in [0.2, 0.25) is 0 Å². The topological polar surface area (TPSA) is 0 Å². The van der Waals surface area contributed by atoms with Crippen molar-refractivity contribution in [1.29, 1.82) is 0 Å². The van der Waals surface area contributed by atoms with Crippen LogP contribution in [0.15, 0.2) is 24.3 Å². The first-order valence-electron chi connectivity index (χ1n) is 5.43. The van der Waals surface area contributed by atoms with Gasteiger partial charge in [0.1, 0.15) is 0 Å². The standard InChI is InChI=1S/C13H17Cl/c1-10-3-2-4-12(7-10)9-13(14)8-11-5-6-11/h2-4,7,11,13H,5-6,8-9H2,1H3. The highest BCUT2D eigenvalue weighted by Crippen LogP contribution is 2.35. The second-order valence-corrected chi connectivity index (χ2v) is 5.09. The van der Waals surface area contributed by atoms with Crippen molar-refractivity contribution in [3.05, 3.63) is 35.4 Å². The molecular formula is C13H17Cl. The first kappa shape index (κ1) is 10.0. The number of alkyl halides is 1. The summed E-state index contributed by atoms with van der Waals surface area (Å²) in [5.41, 5.74) is 2.71. The molecule has 0 heterocycles. The second kappa shape index (κ2) is 4.35. The number of hydrogen-bond donors (Lipinski definition) is 0. The van der Waals surface area contributed by atoms with Gasteiger partial charge in [0, 0.05) is 5.38 Å². The van der Waals surface area contributed by atoms with E-state index in [4.69, 9.17) is 11.6 Å². The van der Waals surface area contributed by atoms with Crippen molar-refractivity contribution in [2.75, 3.05) is 0 Å². The van der Waals surface area contributed by atoms with Crippen LogP contribution in [0.5, 0.6) is 0 Å². The number of halogens is 1. The number of benzene rings is 1. The zero-order valence-corrected chi connectivity index (χ0v) is 9.43. The number of rotatable bonds is 4. The molecule has 1 heteroatoms. The SMILES string of the molecule is Cc1cccc(CC(Cl)CC2CC2)c1. The van der Waals surface area contributed by atoms with Gasteiger partial charge in [-0.1, -0.05) is 42.7 Å². The van der Waals surface area contributed by atoms with E-state index in [2.05, 4.69) is 31.2 Å². The fourth-order valence-electron chi connectivity index (χ4n) is 1.89. The van der Waals surface area contributed by atoms with E-state index in [1.807, 2.05) is 0 Å². The molecule has 1 unspecified atom stereocenters. The van der Waals surface area contributed by atoms with Crippen LogP contribution in [0.4, 0.5) is 0 Å². The molecule has 0 saturated heterocycles. The Morgan fingerprint density at radius 2 is 2.21 bits per heavy atom. The number of hydrogen-bond acceptors (Lipinski definition) is 0. The van der Waals surface area contributed by atoms with Crippen LogP contribution in [0, 0.1) is 12.8 Å². The first-order valence-corrected chi connectivity index (χ1v) is 5.87. The Balaban J connectivity index is 1.88. The maximum Gasteiger partial charge on any atom is 0.0379 e. The third-order valence-electron chi connectivity index (χ3n) is 2.83. The van der Waals surface area contributed by atoms with Crippen LogP contribution in [-0.4, -0.2) is 5.38 Å². The van der Waals surface area contributed by atoms with Gasteiger partial charge >= 0.3 is 0 Å². The molecule has 0 radical (unpaired) electrons. The molecule has 2 rings (SSSR count). The first-order chi connectivity index (χ1) is 6.74. The quantitative estimate of drug-likeness (QED) is 0.658. The predicted octanol–water partition coefficient (Wildman–Crippen LogP) is 3.95. The molecule has 0 N–H and O–H groups in total. The van der Waals surface area contributed by atoms with E-state index in [0.717, 1.165) is 12.3 Å². The van der Waals surface area contributed by atoms with Gasteiger partial charge in [-0.05, 0) is 31.2 Å². The van der Waals surface area contributed by atoms with Crippen LogP contribution in [-0.2, 0) is 6.42 Å². The van der Waals surface area contributed by atoms with Crippen molar-refractivity contribution in [2.45, 2.75) is 38.0 Å². The molecule has 76 valence electrons. The summed E-state index contributed by atoms with van der Waals surface area (Å²) in [6.07, 6.45) is 5.03. The van der Waals surface area contributed by atoms with Crippen molar-refractivity contribution in [1.82, 2.24) is 0 Å². The lowest BCUT2D eigenvalue weighted by Crippen LogP contribution is -2.04. The Hall–Kier alpha value is -0.490. The largest absolute Gasteiger partial charge is 0.123 e. The van der Waals surface area contributed by atoms with E-state index in [-0.39, 0.29) is 0 Å². The summed E-state index contributed by atoms with van der Waals surface area (Å²) < 4.78 is 0. The summed E-state index contributed by atoms with van der Waals surface area (Å²) in [6, 6.07) is 8.66. The minimum Gasteiger partial charge on any atom is -0.123 e. The van der Waals surface area contributed by atoms with Crippen molar-refractivity contribution in [3.63, 3.8) is 0 Å². The van der Waals surface area contributed by atoms with Crippen molar-refractivity contribution >= 4 is 11.6 Å². The summed E-state index contributed by atoms with van der Waals surface area (Å²) in [5, 5.41) is 0.337. The molecule has 0 bridgehead atoms. The normalized spacial score (nSPS) is 18.1. The van der Waals surface area contributed by atoms with Crippen molar-refractivity contribution in [2.24, 2.45) is 5.92 Å². The molecule has 1 atom stereocenters. The molecule has 0 aromatic heterocycles. The summed E-state index contributed by atoms with van der Waals surface area (Å²) >= 11 is 6.30. The molecule has 0 aliphatic heterocycles. The molecule has 0 spiro atoms. The molecule has 1 saturated carbocycles. The lowest BCUT2D eigenvalue weighted by Gasteiger charge is -2.08. The summed E-state index contributed by atoms with van der Waals surface area (Å²) in [6.45, 7) is 2.13. The molecule has 0 amide bonds. The molecule has 14 heavy (non-hydrogen) atoms. The highest BCUT2D eigenvalue weighted by atomic mass is 35.5. The fourth-order valence-corrected chi connectivity index (χ4v) is 2.32. The highest BCUT2D eigenvalue weighted by Gasteiger charge is 2.24. The van der Waals surface area contributed by atoms with Gasteiger partial charge < -0.3 is 0 Å². The zero-order valence-electron chi connectivity index (χ0n) is 8.67. The number of aryl methyl sites for hydroxylation is 1. The van der Waals surface area contributed by atoms with Gasteiger partial charge in [-0.15, -0.1) is 11.6 Å². The smallest absolute Gasteiger partial charge is 0.0379 e. The van der Waals surface area contributed by atoms with Crippen LogP contribution in [0.1, 0.15) is 30.4 Å². The maximum atomic E-state index is 6.30.